The normalized spacial score (nSPS) is 17.5. The molecule has 34 heavy (non-hydrogen) atoms. The maximum Gasteiger partial charge on any atom is 0.339 e. The Kier molecular flexibility index (Phi) is 6.12. The maximum atomic E-state index is 13.1. The molecule has 2 aliphatic rings. The minimum atomic E-state index is -0.393. The van der Waals surface area contributed by atoms with Crippen LogP contribution in [-0.4, -0.2) is 23.8 Å². The van der Waals surface area contributed by atoms with E-state index in [1.807, 2.05) is 30.3 Å². The minimum absolute atomic E-state index is 0.179. The summed E-state index contributed by atoms with van der Waals surface area (Å²) in [5.41, 5.74) is 3.48. The van der Waals surface area contributed by atoms with Gasteiger partial charge in [-0.1, -0.05) is 55.3 Å². The van der Waals surface area contributed by atoms with Gasteiger partial charge in [0.1, 0.15) is 6.10 Å². The van der Waals surface area contributed by atoms with E-state index >= 15 is 0 Å². The highest BCUT2D eigenvalue weighted by atomic mass is 16.5. The summed E-state index contributed by atoms with van der Waals surface area (Å²) >= 11 is 0. The number of benzene rings is 3. The zero-order chi connectivity index (χ0) is 23.5. The number of nitrogens with one attached hydrogen (secondary N) is 2. The number of esters is 1. The molecule has 2 N–H and O–H groups in total. The number of cyclic esters (lactones) is 1. The number of amides is 2. The Morgan fingerprint density at radius 1 is 0.853 bits per heavy atom. The predicted octanol–water partition coefficient (Wildman–Crippen LogP) is 5.07. The molecule has 5 rings (SSSR count). The van der Waals surface area contributed by atoms with Crippen molar-refractivity contribution in [2.24, 2.45) is 0 Å². The Morgan fingerprint density at radius 2 is 1.59 bits per heavy atom. The summed E-state index contributed by atoms with van der Waals surface area (Å²) in [6.45, 7) is 0. The molecule has 1 aliphatic carbocycles. The van der Waals surface area contributed by atoms with Crippen molar-refractivity contribution in [1.82, 2.24) is 5.32 Å². The maximum absolute atomic E-state index is 13.1. The van der Waals surface area contributed by atoms with Crippen LogP contribution in [0.15, 0.2) is 72.8 Å². The van der Waals surface area contributed by atoms with E-state index in [2.05, 4.69) is 10.6 Å². The van der Waals surface area contributed by atoms with Gasteiger partial charge in [-0.05, 0) is 54.3 Å². The van der Waals surface area contributed by atoms with Crippen molar-refractivity contribution in [3.63, 3.8) is 0 Å². The molecule has 0 aromatic heterocycles. The van der Waals surface area contributed by atoms with E-state index < -0.39 is 5.97 Å². The second-order valence-electron chi connectivity index (χ2n) is 8.84. The molecule has 1 fully saturated rings. The fourth-order valence-electron chi connectivity index (χ4n) is 4.71. The average Bonchev–Trinajstić information content (AvgIpc) is 3.37. The number of para-hydroxylation sites is 1. The lowest BCUT2D eigenvalue weighted by molar-refractivity contribution is 0.0252. The van der Waals surface area contributed by atoms with E-state index in [1.54, 1.807) is 42.5 Å². The third-order valence-corrected chi connectivity index (χ3v) is 6.52. The van der Waals surface area contributed by atoms with Crippen LogP contribution < -0.4 is 10.6 Å². The SMILES string of the molecule is O=C(Nc1ccccc1C(=O)NC1CCCC1)c1ccc2c(c1)CC(c1ccccc1)OC2=O. The first-order valence-corrected chi connectivity index (χ1v) is 11.7. The molecule has 172 valence electrons. The van der Waals surface area contributed by atoms with Gasteiger partial charge in [0.25, 0.3) is 11.8 Å². The number of anilines is 1. The van der Waals surface area contributed by atoms with Gasteiger partial charge in [0.05, 0.1) is 16.8 Å². The molecule has 1 aliphatic heterocycles. The number of carbonyl (C=O) groups is 3. The van der Waals surface area contributed by atoms with E-state index in [-0.39, 0.29) is 24.0 Å². The molecule has 3 aromatic carbocycles. The standard InChI is InChI=1S/C28H26N2O4/c31-26(30-24-13-7-6-12-23(24)27(32)29-21-10-4-5-11-21)19-14-15-22-20(16-19)17-25(34-28(22)33)18-8-2-1-3-9-18/h1-3,6-9,12-16,21,25H,4-5,10-11,17H2,(H,29,32)(H,30,31). The van der Waals surface area contributed by atoms with Crippen LogP contribution in [0.1, 0.15) is 74.0 Å². The quantitative estimate of drug-likeness (QED) is 0.528. The summed E-state index contributed by atoms with van der Waals surface area (Å²) in [5, 5.41) is 5.95. The van der Waals surface area contributed by atoms with E-state index in [4.69, 9.17) is 4.74 Å². The zero-order valence-corrected chi connectivity index (χ0v) is 18.8. The van der Waals surface area contributed by atoms with Crippen molar-refractivity contribution < 1.29 is 19.1 Å². The van der Waals surface area contributed by atoms with Crippen LogP contribution in [0.5, 0.6) is 0 Å². The summed E-state index contributed by atoms with van der Waals surface area (Å²) in [4.78, 5) is 38.5. The number of hydrogen-bond acceptors (Lipinski definition) is 4. The van der Waals surface area contributed by atoms with Gasteiger partial charge in [-0.25, -0.2) is 4.79 Å². The lowest BCUT2D eigenvalue weighted by atomic mass is 9.93. The van der Waals surface area contributed by atoms with E-state index in [1.165, 1.54) is 0 Å². The Labute approximate surface area is 198 Å². The fourth-order valence-corrected chi connectivity index (χ4v) is 4.71. The van der Waals surface area contributed by atoms with Gasteiger partial charge in [-0.3, -0.25) is 9.59 Å². The van der Waals surface area contributed by atoms with Crippen LogP contribution >= 0.6 is 0 Å². The predicted molar refractivity (Wildman–Crippen MR) is 129 cm³/mol. The smallest absolute Gasteiger partial charge is 0.339 e. The molecule has 1 saturated carbocycles. The molecule has 0 radical (unpaired) electrons. The minimum Gasteiger partial charge on any atom is -0.454 e. The van der Waals surface area contributed by atoms with Crippen molar-refractivity contribution in [3.8, 4) is 0 Å². The molecule has 1 unspecified atom stereocenters. The number of carbonyl (C=O) groups excluding carboxylic acids is 3. The fraction of sp³-hybridized carbons (Fsp3) is 0.250. The second kappa shape index (κ2) is 9.51. The van der Waals surface area contributed by atoms with Crippen LogP contribution in [0.3, 0.4) is 0 Å². The molecular formula is C28H26N2O4. The second-order valence-corrected chi connectivity index (χ2v) is 8.84. The topological polar surface area (TPSA) is 84.5 Å². The molecule has 6 nitrogen and oxygen atoms in total. The number of fused-ring (bicyclic) bond motifs is 1. The molecule has 0 saturated heterocycles. The van der Waals surface area contributed by atoms with Crippen molar-refractivity contribution in [1.29, 1.82) is 0 Å². The third kappa shape index (κ3) is 4.57. The highest BCUT2D eigenvalue weighted by Gasteiger charge is 2.28. The van der Waals surface area contributed by atoms with Gasteiger partial charge in [-0.15, -0.1) is 0 Å². The van der Waals surface area contributed by atoms with Crippen LogP contribution in [0, 0.1) is 0 Å². The zero-order valence-electron chi connectivity index (χ0n) is 18.8. The van der Waals surface area contributed by atoms with Crippen molar-refractivity contribution in [3.05, 3.63) is 101 Å². The van der Waals surface area contributed by atoms with Crippen LogP contribution in [0.4, 0.5) is 5.69 Å². The van der Waals surface area contributed by atoms with Crippen LogP contribution in [0.2, 0.25) is 0 Å². The summed E-state index contributed by atoms with van der Waals surface area (Å²) in [6, 6.07) is 21.8. The van der Waals surface area contributed by atoms with Gasteiger partial charge in [0, 0.05) is 18.0 Å². The number of ether oxygens (including phenoxy) is 1. The van der Waals surface area contributed by atoms with Crippen molar-refractivity contribution in [2.45, 2.75) is 44.2 Å². The lowest BCUT2D eigenvalue weighted by Crippen LogP contribution is -2.33. The number of rotatable bonds is 5. The van der Waals surface area contributed by atoms with Gasteiger partial charge < -0.3 is 15.4 Å². The molecule has 0 spiro atoms. The van der Waals surface area contributed by atoms with Crippen molar-refractivity contribution >= 4 is 23.5 Å². The van der Waals surface area contributed by atoms with Gasteiger partial charge in [-0.2, -0.15) is 0 Å². The first-order chi connectivity index (χ1) is 16.6. The Bertz CT molecular complexity index is 1230. The van der Waals surface area contributed by atoms with Gasteiger partial charge in [0.2, 0.25) is 0 Å². The summed E-state index contributed by atoms with van der Waals surface area (Å²) < 4.78 is 5.61. The molecule has 0 bridgehead atoms. The summed E-state index contributed by atoms with van der Waals surface area (Å²) in [6.07, 6.45) is 4.33. The Balaban J connectivity index is 1.35. The largest absolute Gasteiger partial charge is 0.454 e. The van der Waals surface area contributed by atoms with Crippen LogP contribution in [0.25, 0.3) is 0 Å². The molecule has 2 amide bonds. The van der Waals surface area contributed by atoms with E-state index in [9.17, 15) is 14.4 Å². The molecule has 1 atom stereocenters. The summed E-state index contributed by atoms with van der Waals surface area (Å²) in [5.74, 6) is -0.906. The Morgan fingerprint density at radius 3 is 2.38 bits per heavy atom. The molecule has 3 aromatic rings. The van der Waals surface area contributed by atoms with Gasteiger partial charge >= 0.3 is 5.97 Å². The van der Waals surface area contributed by atoms with E-state index in [0.29, 0.717) is 28.8 Å². The first kappa shape index (κ1) is 21.9. The highest BCUT2D eigenvalue weighted by molar-refractivity contribution is 6.09. The molecular weight excluding hydrogens is 428 g/mol. The lowest BCUT2D eigenvalue weighted by Gasteiger charge is -2.25. The molecule has 1 heterocycles. The third-order valence-electron chi connectivity index (χ3n) is 6.52. The highest BCUT2D eigenvalue weighted by Crippen LogP contribution is 2.31. The van der Waals surface area contributed by atoms with E-state index in [0.717, 1.165) is 36.8 Å². The monoisotopic (exact) mass is 454 g/mol. The first-order valence-electron chi connectivity index (χ1n) is 11.7. The van der Waals surface area contributed by atoms with Gasteiger partial charge in [0.15, 0.2) is 0 Å². The van der Waals surface area contributed by atoms with Crippen molar-refractivity contribution in [2.75, 3.05) is 5.32 Å². The summed E-state index contributed by atoms with van der Waals surface area (Å²) in [7, 11) is 0. The average molecular weight is 455 g/mol. The van der Waals surface area contributed by atoms with Crippen LogP contribution in [-0.2, 0) is 11.2 Å². The Hall–Kier alpha value is -3.93. The number of hydrogen-bond donors (Lipinski definition) is 2. The molecule has 6 heteroatoms.